The molecule has 3 rings (SSSR count). The molecule has 1 aromatic rings. The molecule has 1 aliphatic carbocycles. The van der Waals surface area contributed by atoms with Gasteiger partial charge in [0.2, 0.25) is 0 Å². The molecule has 3 atom stereocenters. The Morgan fingerprint density at radius 3 is 2.59 bits per heavy atom. The van der Waals surface area contributed by atoms with Crippen molar-refractivity contribution in [3.8, 4) is 0 Å². The van der Waals surface area contributed by atoms with E-state index < -0.39 is 11.7 Å². The van der Waals surface area contributed by atoms with E-state index in [-0.39, 0.29) is 18.4 Å². The Kier molecular flexibility index (Phi) is 5.47. The van der Waals surface area contributed by atoms with Crippen LogP contribution in [0.15, 0.2) is 22.7 Å². The summed E-state index contributed by atoms with van der Waals surface area (Å²) >= 11 is 3.12. The lowest BCUT2D eigenvalue weighted by Crippen LogP contribution is -2.30. The number of alkyl halides is 3. The smallest absolute Gasteiger partial charge is 0.327 e. The summed E-state index contributed by atoms with van der Waals surface area (Å²) < 4.78 is 39.9. The van der Waals surface area contributed by atoms with Crippen LogP contribution in [0.25, 0.3) is 0 Å². The van der Waals surface area contributed by atoms with Crippen LogP contribution in [0.5, 0.6) is 0 Å². The van der Waals surface area contributed by atoms with Crippen molar-refractivity contribution in [1.82, 2.24) is 4.90 Å². The third-order valence-corrected chi connectivity index (χ3v) is 5.25. The number of rotatable bonds is 2. The van der Waals surface area contributed by atoms with Gasteiger partial charge in [-0.15, -0.1) is 12.4 Å². The first kappa shape index (κ1) is 18.0. The lowest BCUT2D eigenvalue weighted by Gasteiger charge is -2.21. The number of hydrogen-bond acceptors (Lipinski definition) is 2. The number of benzene rings is 1. The van der Waals surface area contributed by atoms with Crippen LogP contribution in [0, 0.1) is 11.8 Å². The van der Waals surface area contributed by atoms with Crippen molar-refractivity contribution in [3.05, 3.63) is 33.8 Å². The average molecular weight is 400 g/mol. The van der Waals surface area contributed by atoms with Crippen LogP contribution in [-0.2, 0) is 12.7 Å². The van der Waals surface area contributed by atoms with Gasteiger partial charge < -0.3 is 5.73 Å². The van der Waals surface area contributed by atoms with Crippen LogP contribution in [0.3, 0.4) is 0 Å². The van der Waals surface area contributed by atoms with Gasteiger partial charge in [-0.2, -0.15) is 13.2 Å². The fourth-order valence-corrected chi connectivity index (χ4v) is 4.08. The van der Waals surface area contributed by atoms with E-state index in [4.69, 9.17) is 5.73 Å². The van der Waals surface area contributed by atoms with Gasteiger partial charge in [0.1, 0.15) is 0 Å². The number of fused-ring (bicyclic) bond motifs is 1. The SMILES string of the molecule is Cl.NC1CCC2CN(Cc3ccc(Br)cc3C(F)(F)F)CC12. The van der Waals surface area contributed by atoms with Gasteiger partial charge in [-0.25, -0.2) is 0 Å². The Bertz CT molecular complexity index is 538. The molecule has 1 aromatic carbocycles. The molecule has 0 amide bonds. The van der Waals surface area contributed by atoms with Crippen molar-refractivity contribution in [3.63, 3.8) is 0 Å². The molecule has 22 heavy (non-hydrogen) atoms. The third-order valence-electron chi connectivity index (χ3n) is 4.76. The zero-order chi connectivity index (χ0) is 15.2. The van der Waals surface area contributed by atoms with Gasteiger partial charge in [0.25, 0.3) is 0 Å². The molecule has 1 aliphatic heterocycles. The summed E-state index contributed by atoms with van der Waals surface area (Å²) in [5.41, 5.74) is 5.88. The van der Waals surface area contributed by atoms with E-state index in [2.05, 4.69) is 20.8 Å². The maximum Gasteiger partial charge on any atom is 0.416 e. The second kappa shape index (κ2) is 6.67. The molecule has 2 fully saturated rings. The lowest BCUT2D eigenvalue weighted by atomic mass is 9.98. The Balaban J connectivity index is 0.00000176. The normalized spacial score (nSPS) is 28.5. The first-order chi connectivity index (χ1) is 9.84. The first-order valence-corrected chi connectivity index (χ1v) is 7.97. The van der Waals surface area contributed by atoms with E-state index in [9.17, 15) is 13.2 Å². The summed E-state index contributed by atoms with van der Waals surface area (Å²) in [6, 6.07) is 4.62. The van der Waals surface area contributed by atoms with Crippen LogP contribution in [0.2, 0.25) is 0 Å². The quantitative estimate of drug-likeness (QED) is 0.813. The van der Waals surface area contributed by atoms with Crippen molar-refractivity contribution in [2.45, 2.75) is 31.6 Å². The van der Waals surface area contributed by atoms with Crippen LogP contribution < -0.4 is 5.73 Å². The van der Waals surface area contributed by atoms with Gasteiger partial charge in [-0.05, 0) is 42.4 Å². The molecule has 3 unspecified atom stereocenters. The van der Waals surface area contributed by atoms with Crippen LogP contribution >= 0.6 is 28.3 Å². The van der Waals surface area contributed by atoms with Crippen molar-refractivity contribution in [2.75, 3.05) is 13.1 Å². The number of halogens is 5. The molecule has 2 N–H and O–H groups in total. The van der Waals surface area contributed by atoms with Gasteiger partial charge >= 0.3 is 6.18 Å². The summed E-state index contributed by atoms with van der Waals surface area (Å²) in [6.45, 7) is 2.03. The lowest BCUT2D eigenvalue weighted by molar-refractivity contribution is -0.138. The predicted octanol–water partition coefficient (Wildman–Crippen LogP) is 4.06. The Morgan fingerprint density at radius 2 is 1.95 bits per heavy atom. The zero-order valence-corrected chi connectivity index (χ0v) is 14.3. The molecule has 1 saturated heterocycles. The van der Waals surface area contributed by atoms with E-state index in [1.54, 1.807) is 12.1 Å². The summed E-state index contributed by atoms with van der Waals surface area (Å²) in [7, 11) is 0. The minimum absolute atomic E-state index is 0. The summed E-state index contributed by atoms with van der Waals surface area (Å²) in [4.78, 5) is 2.12. The van der Waals surface area contributed by atoms with Crippen LogP contribution in [0.4, 0.5) is 13.2 Å². The maximum absolute atomic E-state index is 13.1. The minimum Gasteiger partial charge on any atom is -0.327 e. The fraction of sp³-hybridized carbons (Fsp3) is 0.600. The number of likely N-dealkylation sites (tertiary alicyclic amines) is 1. The molecule has 1 saturated carbocycles. The molecular weight excluding hydrogens is 381 g/mol. The maximum atomic E-state index is 13.1. The fourth-order valence-electron chi connectivity index (χ4n) is 3.72. The minimum atomic E-state index is -4.31. The topological polar surface area (TPSA) is 29.3 Å². The molecule has 7 heteroatoms. The molecule has 124 valence electrons. The van der Waals surface area contributed by atoms with E-state index in [0.717, 1.165) is 32.0 Å². The third kappa shape index (κ3) is 3.61. The predicted molar refractivity (Wildman–Crippen MR) is 85.9 cm³/mol. The van der Waals surface area contributed by atoms with Crippen LogP contribution in [0.1, 0.15) is 24.0 Å². The molecule has 1 heterocycles. The zero-order valence-electron chi connectivity index (χ0n) is 11.9. The summed E-state index contributed by atoms with van der Waals surface area (Å²) in [6.07, 6.45) is -2.16. The second-order valence-corrected chi connectivity index (χ2v) is 7.07. The highest BCUT2D eigenvalue weighted by Crippen LogP contribution is 2.39. The number of hydrogen-bond donors (Lipinski definition) is 1. The molecule has 0 bridgehead atoms. The highest BCUT2D eigenvalue weighted by molar-refractivity contribution is 9.10. The Hall–Kier alpha value is -0.300. The van der Waals surface area contributed by atoms with Gasteiger partial charge in [0, 0.05) is 30.1 Å². The van der Waals surface area contributed by atoms with Crippen molar-refractivity contribution in [1.29, 1.82) is 0 Å². The first-order valence-electron chi connectivity index (χ1n) is 7.18. The van der Waals surface area contributed by atoms with E-state index in [1.807, 2.05) is 0 Å². The van der Waals surface area contributed by atoms with Gasteiger partial charge in [0.15, 0.2) is 0 Å². The standard InChI is InChI=1S/C15H18BrF3N2.ClH/c16-11-3-1-10(13(5-11)15(17,18)19)7-21-6-9-2-4-14(20)12(9)8-21;/h1,3,5,9,12,14H,2,4,6-8,20H2;1H. The highest BCUT2D eigenvalue weighted by atomic mass is 79.9. The highest BCUT2D eigenvalue weighted by Gasteiger charge is 2.41. The van der Waals surface area contributed by atoms with E-state index in [0.29, 0.717) is 28.4 Å². The van der Waals surface area contributed by atoms with Gasteiger partial charge in [0.05, 0.1) is 5.56 Å². The van der Waals surface area contributed by atoms with Crippen LogP contribution in [-0.4, -0.2) is 24.0 Å². The second-order valence-electron chi connectivity index (χ2n) is 6.16. The van der Waals surface area contributed by atoms with Crippen molar-refractivity contribution in [2.24, 2.45) is 17.6 Å². The molecule has 0 aromatic heterocycles. The summed E-state index contributed by atoms with van der Waals surface area (Å²) in [5, 5.41) is 0. The molecule has 2 nitrogen and oxygen atoms in total. The monoisotopic (exact) mass is 398 g/mol. The van der Waals surface area contributed by atoms with E-state index in [1.165, 1.54) is 0 Å². The summed E-state index contributed by atoms with van der Waals surface area (Å²) in [5.74, 6) is 1.01. The Labute approximate surface area is 142 Å². The van der Waals surface area contributed by atoms with Crippen molar-refractivity contribution < 1.29 is 13.2 Å². The van der Waals surface area contributed by atoms with Gasteiger partial charge in [-0.1, -0.05) is 22.0 Å². The van der Waals surface area contributed by atoms with E-state index >= 15 is 0 Å². The largest absolute Gasteiger partial charge is 0.416 e. The molecule has 2 aliphatic rings. The molecule has 0 spiro atoms. The average Bonchev–Trinajstić information content (AvgIpc) is 2.93. The number of nitrogens with two attached hydrogens (primary N) is 1. The molecule has 0 radical (unpaired) electrons. The molecular formula is C15H19BrClF3N2. The van der Waals surface area contributed by atoms with Gasteiger partial charge in [-0.3, -0.25) is 4.90 Å². The number of nitrogens with zero attached hydrogens (tertiary/aromatic N) is 1. The Morgan fingerprint density at radius 1 is 1.23 bits per heavy atom. The van der Waals surface area contributed by atoms with Crippen molar-refractivity contribution >= 4 is 28.3 Å².